The van der Waals surface area contributed by atoms with E-state index in [1.165, 1.54) is 7.11 Å². The largest absolute Gasteiger partial charge is 0.366 e. The second-order valence-corrected chi connectivity index (χ2v) is 2.95. The topological polar surface area (TPSA) is 43.4 Å². The standard InChI is InChI=1S/C11H12O3/c1-14-11(9-13,7-8-12)10-5-3-2-4-6-10/h2-6,8-9H,7H2,1H3. The van der Waals surface area contributed by atoms with Crippen LogP contribution in [0.5, 0.6) is 0 Å². The summed E-state index contributed by atoms with van der Waals surface area (Å²) < 4.78 is 5.11. The molecule has 0 spiro atoms. The van der Waals surface area contributed by atoms with E-state index in [0.29, 0.717) is 18.1 Å². The molecule has 0 saturated heterocycles. The number of hydrogen-bond acceptors (Lipinski definition) is 3. The van der Waals surface area contributed by atoms with Crippen LogP contribution in [-0.2, 0) is 19.9 Å². The van der Waals surface area contributed by atoms with E-state index in [-0.39, 0.29) is 6.42 Å². The van der Waals surface area contributed by atoms with Gasteiger partial charge in [-0.1, -0.05) is 30.3 Å². The molecular formula is C11H12O3. The van der Waals surface area contributed by atoms with E-state index in [0.717, 1.165) is 0 Å². The molecule has 0 fully saturated rings. The number of carbonyl (C=O) groups excluding carboxylic acids is 2. The number of hydrogen-bond donors (Lipinski definition) is 0. The summed E-state index contributed by atoms with van der Waals surface area (Å²) in [4.78, 5) is 21.4. The molecule has 0 radical (unpaired) electrons. The fourth-order valence-corrected chi connectivity index (χ4v) is 1.33. The van der Waals surface area contributed by atoms with Gasteiger partial charge in [0.2, 0.25) is 0 Å². The number of ether oxygens (including phenoxy) is 1. The van der Waals surface area contributed by atoms with Crippen molar-refractivity contribution in [3.63, 3.8) is 0 Å². The van der Waals surface area contributed by atoms with Gasteiger partial charge < -0.3 is 9.53 Å². The Labute approximate surface area is 82.7 Å². The van der Waals surface area contributed by atoms with Crippen LogP contribution in [-0.4, -0.2) is 19.7 Å². The molecule has 0 aliphatic heterocycles. The van der Waals surface area contributed by atoms with E-state index in [4.69, 9.17) is 4.74 Å². The van der Waals surface area contributed by atoms with E-state index in [9.17, 15) is 9.59 Å². The smallest absolute Gasteiger partial charge is 0.156 e. The summed E-state index contributed by atoms with van der Waals surface area (Å²) in [5, 5.41) is 0. The maximum absolute atomic E-state index is 11.0. The maximum Gasteiger partial charge on any atom is 0.156 e. The minimum absolute atomic E-state index is 0.0387. The second-order valence-electron chi connectivity index (χ2n) is 2.95. The Morgan fingerprint density at radius 2 is 1.93 bits per heavy atom. The molecule has 1 aromatic carbocycles. The summed E-state index contributed by atoms with van der Waals surface area (Å²) >= 11 is 0. The number of aldehydes is 2. The van der Waals surface area contributed by atoms with Crippen molar-refractivity contribution in [3.05, 3.63) is 35.9 Å². The molecule has 0 aromatic heterocycles. The zero-order valence-corrected chi connectivity index (χ0v) is 7.97. The van der Waals surface area contributed by atoms with Gasteiger partial charge in [-0.3, -0.25) is 4.79 Å². The Hall–Kier alpha value is -1.48. The third-order valence-corrected chi connectivity index (χ3v) is 2.20. The molecule has 0 amide bonds. The van der Waals surface area contributed by atoms with Crippen LogP contribution in [0.1, 0.15) is 12.0 Å². The average molecular weight is 192 g/mol. The molecule has 0 aliphatic carbocycles. The summed E-state index contributed by atoms with van der Waals surface area (Å²) in [6, 6.07) is 8.98. The highest BCUT2D eigenvalue weighted by Crippen LogP contribution is 2.25. The third kappa shape index (κ3) is 1.88. The quantitative estimate of drug-likeness (QED) is 0.661. The zero-order chi connectivity index (χ0) is 10.4. The number of rotatable bonds is 5. The maximum atomic E-state index is 11.0. The van der Waals surface area contributed by atoms with Crippen molar-refractivity contribution in [3.8, 4) is 0 Å². The van der Waals surface area contributed by atoms with Gasteiger partial charge in [-0.15, -0.1) is 0 Å². The van der Waals surface area contributed by atoms with Gasteiger partial charge in [-0.25, -0.2) is 0 Å². The molecule has 1 unspecified atom stereocenters. The van der Waals surface area contributed by atoms with Crippen LogP contribution in [0.3, 0.4) is 0 Å². The van der Waals surface area contributed by atoms with Crippen LogP contribution in [0, 0.1) is 0 Å². The first-order chi connectivity index (χ1) is 6.79. The van der Waals surface area contributed by atoms with E-state index in [1.807, 2.05) is 6.07 Å². The van der Waals surface area contributed by atoms with Crippen LogP contribution in [0.4, 0.5) is 0 Å². The van der Waals surface area contributed by atoms with Crippen molar-refractivity contribution in [1.29, 1.82) is 0 Å². The summed E-state index contributed by atoms with van der Waals surface area (Å²) in [6.45, 7) is 0. The third-order valence-electron chi connectivity index (χ3n) is 2.20. The molecule has 0 heterocycles. The molecule has 1 rings (SSSR count). The summed E-state index contributed by atoms with van der Waals surface area (Å²) in [5.74, 6) is 0. The molecule has 14 heavy (non-hydrogen) atoms. The molecule has 3 nitrogen and oxygen atoms in total. The highest BCUT2D eigenvalue weighted by Gasteiger charge is 2.30. The van der Waals surface area contributed by atoms with Crippen molar-refractivity contribution in [1.82, 2.24) is 0 Å². The fraction of sp³-hybridized carbons (Fsp3) is 0.273. The number of methoxy groups -OCH3 is 1. The monoisotopic (exact) mass is 192 g/mol. The Kier molecular flexibility index (Phi) is 3.54. The first kappa shape index (κ1) is 10.6. The lowest BCUT2D eigenvalue weighted by Gasteiger charge is -2.24. The van der Waals surface area contributed by atoms with Crippen molar-refractivity contribution in [2.75, 3.05) is 7.11 Å². The predicted molar refractivity (Wildman–Crippen MR) is 51.9 cm³/mol. The minimum atomic E-state index is -1.12. The molecule has 1 aromatic rings. The van der Waals surface area contributed by atoms with Crippen LogP contribution >= 0.6 is 0 Å². The van der Waals surface area contributed by atoms with E-state index >= 15 is 0 Å². The first-order valence-electron chi connectivity index (χ1n) is 4.29. The second kappa shape index (κ2) is 4.67. The normalized spacial score (nSPS) is 14.4. The van der Waals surface area contributed by atoms with Gasteiger partial charge in [0.15, 0.2) is 11.9 Å². The molecule has 0 bridgehead atoms. The first-order valence-corrected chi connectivity index (χ1v) is 4.29. The lowest BCUT2D eigenvalue weighted by Crippen LogP contribution is -2.30. The Morgan fingerprint density at radius 3 is 2.36 bits per heavy atom. The zero-order valence-electron chi connectivity index (χ0n) is 7.97. The minimum Gasteiger partial charge on any atom is -0.366 e. The van der Waals surface area contributed by atoms with Crippen molar-refractivity contribution in [2.45, 2.75) is 12.0 Å². The number of carbonyl (C=O) groups is 2. The van der Waals surface area contributed by atoms with Gasteiger partial charge >= 0.3 is 0 Å². The summed E-state index contributed by atoms with van der Waals surface area (Å²) in [5.41, 5.74) is -0.423. The summed E-state index contributed by atoms with van der Waals surface area (Å²) in [6.07, 6.45) is 1.39. The van der Waals surface area contributed by atoms with Crippen LogP contribution < -0.4 is 0 Å². The lowest BCUT2D eigenvalue weighted by atomic mass is 9.92. The summed E-state index contributed by atoms with van der Waals surface area (Å²) in [7, 11) is 1.42. The molecule has 74 valence electrons. The van der Waals surface area contributed by atoms with Gasteiger partial charge in [0, 0.05) is 13.5 Å². The lowest BCUT2D eigenvalue weighted by molar-refractivity contribution is -0.133. The highest BCUT2D eigenvalue weighted by molar-refractivity contribution is 5.72. The van der Waals surface area contributed by atoms with Crippen LogP contribution in [0.15, 0.2) is 30.3 Å². The molecule has 0 aliphatic rings. The van der Waals surface area contributed by atoms with Crippen molar-refractivity contribution < 1.29 is 14.3 Å². The van der Waals surface area contributed by atoms with Crippen molar-refractivity contribution >= 4 is 12.6 Å². The number of benzene rings is 1. The van der Waals surface area contributed by atoms with Crippen LogP contribution in [0.25, 0.3) is 0 Å². The molecule has 0 saturated carbocycles. The Bertz CT molecular complexity index is 308. The van der Waals surface area contributed by atoms with Gasteiger partial charge in [0.05, 0.1) is 0 Å². The SMILES string of the molecule is COC(C=O)(CC=O)c1ccccc1. The van der Waals surface area contributed by atoms with E-state index in [1.54, 1.807) is 24.3 Å². The Balaban J connectivity index is 3.09. The average Bonchev–Trinajstić information content (AvgIpc) is 2.27. The van der Waals surface area contributed by atoms with Crippen LogP contribution in [0.2, 0.25) is 0 Å². The fourth-order valence-electron chi connectivity index (χ4n) is 1.33. The molecule has 1 atom stereocenters. The van der Waals surface area contributed by atoms with Gasteiger partial charge in [-0.2, -0.15) is 0 Å². The van der Waals surface area contributed by atoms with Gasteiger partial charge in [-0.05, 0) is 5.56 Å². The van der Waals surface area contributed by atoms with E-state index < -0.39 is 5.60 Å². The Morgan fingerprint density at radius 1 is 1.29 bits per heavy atom. The van der Waals surface area contributed by atoms with Crippen molar-refractivity contribution in [2.24, 2.45) is 0 Å². The van der Waals surface area contributed by atoms with E-state index in [2.05, 4.69) is 0 Å². The molecule has 0 N–H and O–H groups in total. The van der Waals surface area contributed by atoms with Gasteiger partial charge in [0.1, 0.15) is 6.29 Å². The molecular weight excluding hydrogens is 180 g/mol. The highest BCUT2D eigenvalue weighted by atomic mass is 16.5. The predicted octanol–water partition coefficient (Wildman–Crippen LogP) is 1.32. The van der Waals surface area contributed by atoms with Gasteiger partial charge in [0.25, 0.3) is 0 Å². The molecule has 3 heteroatoms.